The van der Waals surface area contributed by atoms with Crippen LogP contribution < -0.4 is 15.0 Å². The molecule has 5 heteroatoms. The van der Waals surface area contributed by atoms with E-state index in [1.165, 1.54) is 0 Å². The zero-order valence-corrected chi connectivity index (χ0v) is 16.4. The molecule has 146 valence electrons. The molecular formula is C24H22N2O3. The fraction of sp³-hybridized carbons (Fsp3) is 0.167. The number of hydrogen-bond acceptors (Lipinski definition) is 3. The summed E-state index contributed by atoms with van der Waals surface area (Å²) in [5.74, 6) is 0.317. The summed E-state index contributed by atoms with van der Waals surface area (Å²) in [5, 5.41) is 2.92. The zero-order valence-electron chi connectivity index (χ0n) is 16.4. The molecule has 0 saturated carbocycles. The van der Waals surface area contributed by atoms with Crippen molar-refractivity contribution < 1.29 is 14.3 Å². The van der Waals surface area contributed by atoms with Gasteiger partial charge >= 0.3 is 0 Å². The van der Waals surface area contributed by atoms with E-state index in [1.807, 2.05) is 61.5 Å². The molecule has 1 heterocycles. The maximum atomic E-state index is 12.7. The number of hydrogen-bond donors (Lipinski definition) is 1. The van der Waals surface area contributed by atoms with Gasteiger partial charge in [0.2, 0.25) is 0 Å². The molecule has 5 nitrogen and oxygen atoms in total. The lowest BCUT2D eigenvalue weighted by atomic mass is 10.1. The van der Waals surface area contributed by atoms with Crippen LogP contribution in [0.25, 0.3) is 0 Å². The molecule has 0 aliphatic carbocycles. The predicted octanol–water partition coefficient (Wildman–Crippen LogP) is 4.56. The Kier molecular flexibility index (Phi) is 5.04. The minimum Gasteiger partial charge on any atom is -0.479 e. The Hall–Kier alpha value is -3.60. The first-order valence-electron chi connectivity index (χ1n) is 9.56. The highest BCUT2D eigenvalue weighted by molar-refractivity contribution is 6.06. The van der Waals surface area contributed by atoms with Gasteiger partial charge in [-0.1, -0.05) is 48.5 Å². The number of aryl methyl sites for hydroxylation is 1. The summed E-state index contributed by atoms with van der Waals surface area (Å²) in [6.07, 6.45) is -0.589. The van der Waals surface area contributed by atoms with Crippen molar-refractivity contribution in [1.29, 1.82) is 0 Å². The van der Waals surface area contributed by atoms with Crippen LogP contribution in [0, 0.1) is 6.92 Å². The SMILES string of the molecule is Cc1ccccc1C(=O)Nc1ccc2c(c1)OC(C)C(=O)N2Cc1ccccc1. The highest BCUT2D eigenvalue weighted by Crippen LogP contribution is 2.37. The van der Waals surface area contributed by atoms with Gasteiger partial charge in [0.1, 0.15) is 5.75 Å². The Balaban J connectivity index is 1.60. The molecule has 1 aliphatic heterocycles. The monoisotopic (exact) mass is 386 g/mol. The van der Waals surface area contributed by atoms with Crippen molar-refractivity contribution in [1.82, 2.24) is 0 Å². The zero-order chi connectivity index (χ0) is 20.4. The summed E-state index contributed by atoms with van der Waals surface area (Å²) >= 11 is 0. The number of fused-ring (bicyclic) bond motifs is 1. The van der Waals surface area contributed by atoms with E-state index < -0.39 is 6.10 Å². The van der Waals surface area contributed by atoms with Gasteiger partial charge in [0.15, 0.2) is 6.10 Å². The fourth-order valence-corrected chi connectivity index (χ4v) is 3.44. The van der Waals surface area contributed by atoms with Gasteiger partial charge in [0.05, 0.1) is 12.2 Å². The molecule has 0 fully saturated rings. The van der Waals surface area contributed by atoms with E-state index >= 15 is 0 Å². The van der Waals surface area contributed by atoms with Crippen LogP contribution in [0.5, 0.6) is 5.75 Å². The van der Waals surface area contributed by atoms with Crippen LogP contribution in [0.1, 0.15) is 28.4 Å². The van der Waals surface area contributed by atoms with Gasteiger partial charge in [0, 0.05) is 17.3 Å². The molecule has 0 saturated heterocycles. The third kappa shape index (κ3) is 3.85. The first-order valence-corrected chi connectivity index (χ1v) is 9.56. The maximum Gasteiger partial charge on any atom is 0.268 e. The van der Waals surface area contributed by atoms with E-state index in [0.717, 1.165) is 11.1 Å². The van der Waals surface area contributed by atoms with Crippen LogP contribution in [-0.2, 0) is 11.3 Å². The van der Waals surface area contributed by atoms with Gasteiger partial charge < -0.3 is 15.0 Å². The van der Waals surface area contributed by atoms with Gasteiger partial charge in [-0.3, -0.25) is 9.59 Å². The maximum absolute atomic E-state index is 12.7. The number of nitrogens with zero attached hydrogens (tertiary/aromatic N) is 1. The smallest absolute Gasteiger partial charge is 0.268 e. The summed E-state index contributed by atoms with van der Waals surface area (Å²) in [7, 11) is 0. The average Bonchev–Trinajstić information content (AvgIpc) is 2.72. The van der Waals surface area contributed by atoms with Gasteiger partial charge in [-0.15, -0.1) is 0 Å². The molecule has 1 aliphatic rings. The summed E-state index contributed by atoms with van der Waals surface area (Å²) < 4.78 is 5.82. The van der Waals surface area contributed by atoms with Crippen molar-refractivity contribution in [2.75, 3.05) is 10.2 Å². The van der Waals surface area contributed by atoms with Gasteiger partial charge in [-0.25, -0.2) is 0 Å². The second-order valence-electron chi connectivity index (χ2n) is 7.12. The largest absolute Gasteiger partial charge is 0.479 e. The standard InChI is InChI=1S/C24H22N2O3/c1-16-8-6-7-11-20(16)23(27)25-19-12-13-21-22(14-19)29-17(2)24(28)26(21)15-18-9-4-3-5-10-18/h3-14,17H,15H2,1-2H3,(H,25,27). The van der Waals surface area contributed by atoms with Crippen LogP contribution in [0.3, 0.4) is 0 Å². The summed E-state index contributed by atoms with van der Waals surface area (Å²) in [5.41, 5.74) is 3.90. The van der Waals surface area contributed by atoms with E-state index in [-0.39, 0.29) is 11.8 Å². The predicted molar refractivity (Wildman–Crippen MR) is 113 cm³/mol. The van der Waals surface area contributed by atoms with Gasteiger partial charge in [0.25, 0.3) is 11.8 Å². The Labute approximate surface area is 169 Å². The quantitative estimate of drug-likeness (QED) is 0.715. The molecule has 0 aromatic heterocycles. The second-order valence-corrected chi connectivity index (χ2v) is 7.12. The highest BCUT2D eigenvalue weighted by atomic mass is 16.5. The first-order chi connectivity index (χ1) is 14.0. The van der Waals surface area contributed by atoms with Crippen LogP contribution in [0.2, 0.25) is 0 Å². The summed E-state index contributed by atoms with van der Waals surface area (Å²) in [4.78, 5) is 27.0. The molecule has 4 rings (SSSR count). The molecule has 1 unspecified atom stereocenters. The van der Waals surface area contributed by atoms with E-state index in [1.54, 1.807) is 30.0 Å². The molecule has 29 heavy (non-hydrogen) atoms. The van der Waals surface area contributed by atoms with Gasteiger partial charge in [-0.05, 0) is 43.2 Å². The van der Waals surface area contributed by atoms with E-state index in [0.29, 0.717) is 29.2 Å². The molecule has 0 bridgehead atoms. The number of anilines is 2. The van der Waals surface area contributed by atoms with Crippen LogP contribution in [-0.4, -0.2) is 17.9 Å². The van der Waals surface area contributed by atoms with Crippen molar-refractivity contribution in [3.8, 4) is 5.75 Å². The molecular weight excluding hydrogens is 364 g/mol. The number of benzene rings is 3. The van der Waals surface area contributed by atoms with Crippen molar-refractivity contribution in [2.45, 2.75) is 26.5 Å². The molecule has 3 aromatic carbocycles. The minimum atomic E-state index is -0.589. The fourth-order valence-electron chi connectivity index (χ4n) is 3.44. The molecule has 3 aromatic rings. The lowest BCUT2D eigenvalue weighted by Crippen LogP contribution is -2.44. The molecule has 1 atom stereocenters. The van der Waals surface area contributed by atoms with E-state index in [4.69, 9.17) is 4.74 Å². The number of amides is 2. The number of rotatable bonds is 4. The van der Waals surface area contributed by atoms with Crippen molar-refractivity contribution in [2.24, 2.45) is 0 Å². The van der Waals surface area contributed by atoms with Gasteiger partial charge in [-0.2, -0.15) is 0 Å². The molecule has 0 radical (unpaired) electrons. The summed E-state index contributed by atoms with van der Waals surface area (Å²) in [6.45, 7) is 4.11. The average molecular weight is 386 g/mol. The van der Waals surface area contributed by atoms with Crippen molar-refractivity contribution >= 4 is 23.2 Å². The first kappa shape index (κ1) is 18.7. The Morgan fingerprint density at radius 3 is 2.52 bits per heavy atom. The Morgan fingerprint density at radius 1 is 1.03 bits per heavy atom. The molecule has 2 amide bonds. The lowest BCUT2D eigenvalue weighted by Gasteiger charge is -2.33. The number of ether oxygens (including phenoxy) is 1. The lowest BCUT2D eigenvalue weighted by molar-refractivity contribution is -0.125. The van der Waals surface area contributed by atoms with Crippen LogP contribution in [0.4, 0.5) is 11.4 Å². The van der Waals surface area contributed by atoms with E-state index in [2.05, 4.69) is 5.32 Å². The van der Waals surface area contributed by atoms with E-state index in [9.17, 15) is 9.59 Å². The third-order valence-corrected chi connectivity index (χ3v) is 5.00. The minimum absolute atomic E-state index is 0.0851. The number of carbonyl (C=O) groups excluding carboxylic acids is 2. The Morgan fingerprint density at radius 2 is 1.76 bits per heavy atom. The number of carbonyl (C=O) groups is 2. The van der Waals surface area contributed by atoms with Crippen LogP contribution >= 0.6 is 0 Å². The summed E-state index contributed by atoms with van der Waals surface area (Å²) in [6, 6.07) is 22.6. The Bertz CT molecular complexity index is 1060. The van der Waals surface area contributed by atoms with Crippen molar-refractivity contribution in [3.63, 3.8) is 0 Å². The topological polar surface area (TPSA) is 58.6 Å². The number of nitrogens with one attached hydrogen (secondary N) is 1. The molecule has 1 N–H and O–H groups in total. The van der Waals surface area contributed by atoms with Crippen molar-refractivity contribution in [3.05, 3.63) is 89.5 Å². The van der Waals surface area contributed by atoms with Crippen LogP contribution in [0.15, 0.2) is 72.8 Å². The normalized spacial score (nSPS) is 15.4. The second kappa shape index (κ2) is 7.80. The molecule has 0 spiro atoms. The highest BCUT2D eigenvalue weighted by Gasteiger charge is 2.31. The third-order valence-electron chi connectivity index (χ3n) is 5.00.